The average molecular weight is 397 g/mol. The number of likely N-dealkylation sites (N-methyl/N-ethyl adjacent to an activating group) is 1. The van der Waals surface area contributed by atoms with Crippen LogP contribution in [0.15, 0.2) is 65.6 Å². The maximum Gasteiger partial charge on any atom is 0.260 e. The Kier molecular flexibility index (Phi) is 5.70. The summed E-state index contributed by atoms with van der Waals surface area (Å²) in [7, 11) is -3.28. The molecule has 6 heteroatoms. The van der Waals surface area contributed by atoms with Crippen LogP contribution in [0.5, 0.6) is 5.75 Å². The molecule has 0 aliphatic carbocycles. The van der Waals surface area contributed by atoms with Gasteiger partial charge in [0.05, 0.1) is 4.90 Å². The average Bonchev–Trinajstić information content (AvgIpc) is 2.67. The van der Waals surface area contributed by atoms with E-state index in [1.807, 2.05) is 43.3 Å². The van der Waals surface area contributed by atoms with Crippen molar-refractivity contribution < 1.29 is 17.9 Å². The number of fused-ring (bicyclic) bond motifs is 1. The molecular weight excluding hydrogens is 374 g/mol. The Morgan fingerprint density at radius 3 is 2.36 bits per heavy atom. The minimum atomic E-state index is -3.28. The van der Waals surface area contributed by atoms with Crippen molar-refractivity contribution in [1.29, 1.82) is 0 Å². The summed E-state index contributed by atoms with van der Waals surface area (Å²) >= 11 is 0. The number of hydrogen-bond donors (Lipinski definition) is 1. The van der Waals surface area contributed by atoms with Crippen molar-refractivity contribution in [3.05, 3.63) is 60.7 Å². The first-order valence-electron chi connectivity index (χ1n) is 9.08. The van der Waals surface area contributed by atoms with E-state index in [4.69, 9.17) is 4.74 Å². The van der Waals surface area contributed by atoms with Crippen LogP contribution in [0.2, 0.25) is 0 Å². The molecule has 3 rings (SSSR count). The Labute approximate surface area is 165 Å². The van der Waals surface area contributed by atoms with Crippen molar-refractivity contribution >= 4 is 26.5 Å². The maximum absolute atomic E-state index is 12.1. The SMILES string of the molecule is CCNC(=O)C(C)Oc1ccc2ccccc2c1-c1ccc(S(C)(=O)=O)cc1. The van der Waals surface area contributed by atoms with E-state index in [2.05, 4.69) is 5.32 Å². The minimum Gasteiger partial charge on any atom is -0.480 e. The molecule has 1 amide bonds. The summed E-state index contributed by atoms with van der Waals surface area (Å²) in [5, 5.41) is 4.75. The number of rotatable bonds is 6. The Bertz CT molecular complexity index is 1110. The highest BCUT2D eigenvalue weighted by Crippen LogP contribution is 2.38. The summed E-state index contributed by atoms with van der Waals surface area (Å²) in [4.78, 5) is 12.4. The third-order valence-corrected chi connectivity index (χ3v) is 5.61. The molecule has 146 valence electrons. The third kappa shape index (κ3) is 4.17. The highest BCUT2D eigenvalue weighted by molar-refractivity contribution is 7.90. The lowest BCUT2D eigenvalue weighted by Crippen LogP contribution is -2.36. The summed E-state index contributed by atoms with van der Waals surface area (Å²) in [6.07, 6.45) is 0.526. The van der Waals surface area contributed by atoms with Gasteiger partial charge >= 0.3 is 0 Å². The highest BCUT2D eigenvalue weighted by atomic mass is 32.2. The quantitative estimate of drug-likeness (QED) is 0.686. The lowest BCUT2D eigenvalue weighted by Gasteiger charge is -2.19. The lowest BCUT2D eigenvalue weighted by molar-refractivity contribution is -0.127. The van der Waals surface area contributed by atoms with E-state index in [0.29, 0.717) is 12.3 Å². The van der Waals surface area contributed by atoms with Crippen LogP contribution in [-0.2, 0) is 14.6 Å². The van der Waals surface area contributed by atoms with Gasteiger partial charge in [0.25, 0.3) is 5.91 Å². The van der Waals surface area contributed by atoms with Crippen LogP contribution in [0, 0.1) is 0 Å². The smallest absolute Gasteiger partial charge is 0.260 e. The largest absolute Gasteiger partial charge is 0.480 e. The number of amides is 1. The molecule has 5 nitrogen and oxygen atoms in total. The molecule has 0 spiro atoms. The molecule has 1 unspecified atom stereocenters. The van der Waals surface area contributed by atoms with E-state index in [0.717, 1.165) is 21.9 Å². The summed E-state index contributed by atoms with van der Waals surface area (Å²) in [6, 6.07) is 18.4. The number of benzene rings is 3. The van der Waals surface area contributed by atoms with Crippen LogP contribution < -0.4 is 10.1 Å². The highest BCUT2D eigenvalue weighted by Gasteiger charge is 2.18. The van der Waals surface area contributed by atoms with Gasteiger partial charge in [-0.15, -0.1) is 0 Å². The van der Waals surface area contributed by atoms with Crippen molar-refractivity contribution in [3.63, 3.8) is 0 Å². The molecule has 0 fully saturated rings. The predicted molar refractivity (Wildman–Crippen MR) is 111 cm³/mol. The molecule has 3 aromatic carbocycles. The van der Waals surface area contributed by atoms with Gasteiger partial charge in [0, 0.05) is 18.4 Å². The molecule has 0 aromatic heterocycles. The summed E-state index contributed by atoms with van der Waals surface area (Å²) in [5.41, 5.74) is 1.65. The van der Waals surface area contributed by atoms with Gasteiger partial charge in [-0.05, 0) is 48.4 Å². The van der Waals surface area contributed by atoms with Crippen LogP contribution in [0.3, 0.4) is 0 Å². The molecule has 0 bridgehead atoms. The second-order valence-corrected chi connectivity index (χ2v) is 8.63. The predicted octanol–water partition coefficient (Wildman–Crippen LogP) is 3.81. The zero-order valence-corrected chi connectivity index (χ0v) is 16.9. The van der Waals surface area contributed by atoms with Gasteiger partial charge < -0.3 is 10.1 Å². The van der Waals surface area contributed by atoms with Crippen molar-refractivity contribution in [2.75, 3.05) is 12.8 Å². The first kappa shape index (κ1) is 19.9. The Balaban J connectivity index is 2.12. The first-order valence-corrected chi connectivity index (χ1v) is 11.0. The van der Waals surface area contributed by atoms with Crippen LogP contribution in [-0.4, -0.2) is 33.2 Å². The Morgan fingerprint density at radius 1 is 1.04 bits per heavy atom. The van der Waals surface area contributed by atoms with Crippen molar-refractivity contribution in [2.45, 2.75) is 24.8 Å². The van der Waals surface area contributed by atoms with E-state index in [-0.39, 0.29) is 10.8 Å². The lowest BCUT2D eigenvalue weighted by atomic mass is 9.97. The van der Waals surface area contributed by atoms with Crippen LogP contribution in [0.1, 0.15) is 13.8 Å². The minimum absolute atomic E-state index is 0.186. The normalized spacial score (nSPS) is 12.5. The fourth-order valence-corrected chi connectivity index (χ4v) is 3.71. The number of carbonyl (C=O) groups is 1. The Morgan fingerprint density at radius 2 is 1.71 bits per heavy atom. The van der Waals surface area contributed by atoms with Gasteiger partial charge in [-0.3, -0.25) is 4.79 Å². The Hall–Kier alpha value is -2.86. The van der Waals surface area contributed by atoms with Gasteiger partial charge in [-0.1, -0.05) is 42.5 Å². The number of nitrogens with one attached hydrogen (secondary N) is 1. The fourth-order valence-electron chi connectivity index (χ4n) is 3.08. The molecule has 1 N–H and O–H groups in total. The fraction of sp³-hybridized carbons (Fsp3) is 0.227. The zero-order valence-electron chi connectivity index (χ0n) is 16.1. The molecule has 3 aromatic rings. The van der Waals surface area contributed by atoms with Gasteiger partial charge in [-0.2, -0.15) is 0 Å². The van der Waals surface area contributed by atoms with Crippen molar-refractivity contribution in [1.82, 2.24) is 5.32 Å². The molecule has 0 saturated carbocycles. The van der Waals surface area contributed by atoms with E-state index in [1.165, 1.54) is 6.26 Å². The van der Waals surface area contributed by atoms with E-state index >= 15 is 0 Å². The molecule has 0 heterocycles. The zero-order chi connectivity index (χ0) is 20.3. The van der Waals surface area contributed by atoms with Crippen LogP contribution in [0.4, 0.5) is 0 Å². The molecular formula is C22H23NO4S. The van der Waals surface area contributed by atoms with Gasteiger partial charge in [0.1, 0.15) is 5.75 Å². The van der Waals surface area contributed by atoms with Gasteiger partial charge in [-0.25, -0.2) is 8.42 Å². The number of carbonyl (C=O) groups excluding carboxylic acids is 1. The number of ether oxygens (including phenoxy) is 1. The second-order valence-electron chi connectivity index (χ2n) is 6.61. The summed E-state index contributed by atoms with van der Waals surface area (Å²) < 4.78 is 29.5. The summed E-state index contributed by atoms with van der Waals surface area (Å²) in [5.74, 6) is 0.388. The van der Waals surface area contributed by atoms with Gasteiger partial charge in [0.15, 0.2) is 15.9 Å². The van der Waals surface area contributed by atoms with Crippen molar-refractivity contribution in [3.8, 4) is 16.9 Å². The molecule has 28 heavy (non-hydrogen) atoms. The van der Waals surface area contributed by atoms with Crippen LogP contribution >= 0.6 is 0 Å². The molecule has 0 saturated heterocycles. The molecule has 1 atom stereocenters. The molecule has 0 aliphatic rings. The molecule has 0 aliphatic heterocycles. The van der Waals surface area contributed by atoms with Gasteiger partial charge in [0.2, 0.25) is 0 Å². The van der Waals surface area contributed by atoms with E-state index in [9.17, 15) is 13.2 Å². The van der Waals surface area contributed by atoms with Crippen LogP contribution in [0.25, 0.3) is 21.9 Å². The monoisotopic (exact) mass is 397 g/mol. The van der Waals surface area contributed by atoms with Crippen molar-refractivity contribution in [2.24, 2.45) is 0 Å². The topological polar surface area (TPSA) is 72.5 Å². The third-order valence-electron chi connectivity index (χ3n) is 4.49. The van der Waals surface area contributed by atoms with E-state index < -0.39 is 15.9 Å². The number of sulfone groups is 1. The van der Waals surface area contributed by atoms with E-state index in [1.54, 1.807) is 31.2 Å². The standard InChI is InChI=1S/C22H23NO4S/c1-4-23-22(24)15(2)27-20-14-11-16-7-5-6-8-19(16)21(20)17-9-12-18(13-10-17)28(3,25)26/h5-15H,4H2,1-3H3,(H,23,24). The summed E-state index contributed by atoms with van der Waals surface area (Å²) in [6.45, 7) is 4.09. The maximum atomic E-state index is 12.1. The second kappa shape index (κ2) is 8.02. The molecule has 0 radical (unpaired) electrons. The number of hydrogen-bond acceptors (Lipinski definition) is 4. The first-order chi connectivity index (χ1) is 13.3.